The van der Waals surface area contributed by atoms with Gasteiger partial charge in [-0.05, 0) is 79.4 Å². The number of amides is 1. The molecule has 4 aromatic rings. The van der Waals surface area contributed by atoms with Gasteiger partial charge in [0.2, 0.25) is 0 Å². The van der Waals surface area contributed by atoms with E-state index in [9.17, 15) is 9.59 Å². The van der Waals surface area contributed by atoms with Crippen LogP contribution in [0.4, 0.5) is 10.5 Å². The molecule has 2 bridgehead atoms. The Morgan fingerprint density at radius 1 is 0.882 bits per heavy atom. The number of anilines is 1. The molecule has 7 rings (SSSR count). The predicted octanol–water partition coefficient (Wildman–Crippen LogP) is 7.03. The Morgan fingerprint density at radius 3 is 2.25 bits per heavy atom. The fourth-order valence-electron chi connectivity index (χ4n) is 6.65. The standard InChI is InChI=1S/C38H39Cl2N3O7.H2O/c1-46-32-10-5-4-9-31(32)43(38(45)50-36-23-42-15-13-25(36)14-16-42)22-24-7-6-8-27(17-24)37(44)49-34(19-28-29(39)20-41-21-30(28)40)26-11-12-33(47-2)35(18-26)48-3;/h4-12,17-18,20-21,25,34,36H,13-16,19,22-23H2,1-3H3;1H2/t34-,36-;/m0./s1. The van der Waals surface area contributed by atoms with Gasteiger partial charge in [-0.25, -0.2) is 14.6 Å². The average Bonchev–Trinajstić information content (AvgIpc) is 3.15. The van der Waals surface area contributed by atoms with Crippen LogP contribution in [0.3, 0.4) is 0 Å². The van der Waals surface area contributed by atoms with E-state index < -0.39 is 18.2 Å². The monoisotopic (exact) mass is 737 g/mol. The second-order valence-corrected chi connectivity index (χ2v) is 13.2. The summed E-state index contributed by atoms with van der Waals surface area (Å²) in [6, 6.07) is 19.6. The molecule has 3 fully saturated rings. The molecule has 2 N–H and O–H groups in total. The van der Waals surface area contributed by atoms with Gasteiger partial charge in [-0.2, -0.15) is 0 Å². The Bertz CT molecular complexity index is 1810. The van der Waals surface area contributed by atoms with Crippen molar-refractivity contribution >= 4 is 41.0 Å². The first-order valence-electron chi connectivity index (χ1n) is 16.5. The summed E-state index contributed by atoms with van der Waals surface area (Å²) in [6.07, 6.45) is 4.03. The molecule has 13 heteroatoms. The van der Waals surface area contributed by atoms with Crippen molar-refractivity contribution in [3.05, 3.63) is 111 Å². The minimum Gasteiger partial charge on any atom is -0.870 e. The van der Waals surface area contributed by atoms with Gasteiger partial charge < -0.3 is 29.2 Å². The first kappa shape index (κ1) is 37.7. The Kier molecular flexibility index (Phi) is 12.6. The molecule has 0 radical (unpaired) electrons. The maximum Gasteiger partial charge on any atom is 0.415 e. The third-order valence-electron chi connectivity index (χ3n) is 9.36. The number of carbonyl (C=O) groups is 2. The fraction of sp³-hybridized carbons (Fsp3) is 0.342. The lowest BCUT2D eigenvalue weighted by Gasteiger charge is -2.44. The summed E-state index contributed by atoms with van der Waals surface area (Å²) in [4.78, 5) is 34.6. The van der Waals surface area contributed by atoms with Crippen LogP contribution in [-0.4, -0.2) is 69.5 Å². The highest BCUT2D eigenvalue weighted by molar-refractivity contribution is 6.35. The van der Waals surface area contributed by atoms with E-state index in [1.807, 2.05) is 24.3 Å². The summed E-state index contributed by atoms with van der Waals surface area (Å²) in [7, 11) is 4.65. The highest BCUT2D eigenvalue weighted by Crippen LogP contribution is 2.36. The van der Waals surface area contributed by atoms with E-state index in [-0.39, 0.29) is 24.5 Å². The Morgan fingerprint density at radius 2 is 1.59 bits per heavy atom. The normalized spacial score (nSPS) is 18.2. The fourth-order valence-corrected chi connectivity index (χ4v) is 7.18. The number of esters is 1. The van der Waals surface area contributed by atoms with Crippen molar-refractivity contribution in [3.8, 4) is 17.2 Å². The van der Waals surface area contributed by atoms with Crippen LogP contribution in [0.2, 0.25) is 10.0 Å². The van der Waals surface area contributed by atoms with Crippen molar-refractivity contribution in [1.29, 1.82) is 0 Å². The molecule has 0 saturated carbocycles. The third-order valence-corrected chi connectivity index (χ3v) is 10.0. The highest BCUT2D eigenvalue weighted by Gasteiger charge is 2.38. The molecule has 3 aliphatic heterocycles. The number of benzene rings is 3. The van der Waals surface area contributed by atoms with Crippen molar-refractivity contribution in [2.75, 3.05) is 45.9 Å². The van der Waals surface area contributed by atoms with Gasteiger partial charge in [0.25, 0.3) is 0 Å². The molecule has 3 aromatic carbocycles. The molecule has 11 nitrogen and oxygen atoms in total. The highest BCUT2D eigenvalue weighted by atomic mass is 35.5. The number of carbonyl (C=O) groups excluding carboxylic acids is 2. The third kappa shape index (κ3) is 8.68. The van der Waals surface area contributed by atoms with Crippen molar-refractivity contribution < 1.29 is 43.7 Å². The van der Waals surface area contributed by atoms with Gasteiger partial charge in [0, 0.05) is 18.5 Å². The van der Waals surface area contributed by atoms with E-state index in [1.165, 1.54) is 7.11 Å². The number of piperidine rings is 3. The molecule has 4 heterocycles. The summed E-state index contributed by atoms with van der Waals surface area (Å²) in [6.45, 7) is 2.94. The van der Waals surface area contributed by atoms with Gasteiger partial charge in [-0.15, -0.1) is 0 Å². The molecular formula is C38H41Cl2N3O8. The van der Waals surface area contributed by atoms with Crippen LogP contribution in [0, 0.1) is 5.92 Å². The SMILES string of the molecule is COc1ccc([C@H](Cc2c(Cl)c[nH+]cc2Cl)OC(=O)c2cccc(CN(C(=O)O[C@H]3CN4CCC3CC4)c3ccccc3OC)c2)cc1OC.[OH-]. The minimum absolute atomic E-state index is 0. The summed E-state index contributed by atoms with van der Waals surface area (Å²) in [5.74, 6) is 1.32. The van der Waals surface area contributed by atoms with E-state index in [2.05, 4.69) is 9.88 Å². The number of halogens is 2. The molecule has 3 saturated heterocycles. The number of H-pyrrole nitrogens is 1. The number of aromatic amines is 1. The number of hydrogen-bond acceptors (Lipinski definition) is 9. The summed E-state index contributed by atoms with van der Waals surface area (Å²) < 4.78 is 28.9. The molecule has 1 aromatic heterocycles. The molecular weight excluding hydrogens is 697 g/mol. The number of fused-ring (bicyclic) bond motifs is 3. The molecule has 0 spiro atoms. The Labute approximate surface area is 307 Å². The largest absolute Gasteiger partial charge is 0.870 e. The number of nitrogens with zero attached hydrogens (tertiary/aromatic N) is 2. The van der Waals surface area contributed by atoms with Crippen LogP contribution in [0.1, 0.15) is 46.0 Å². The Balaban J connectivity index is 0.00000504. The van der Waals surface area contributed by atoms with E-state index in [0.717, 1.165) is 32.5 Å². The van der Waals surface area contributed by atoms with E-state index in [0.29, 0.717) is 61.2 Å². The maximum absolute atomic E-state index is 13.9. The van der Waals surface area contributed by atoms with E-state index in [1.54, 1.807) is 74.0 Å². The number of nitrogens with one attached hydrogen (secondary N) is 1. The van der Waals surface area contributed by atoms with Crippen LogP contribution < -0.4 is 24.1 Å². The second kappa shape index (κ2) is 17.1. The first-order chi connectivity index (χ1) is 24.3. The van der Waals surface area contributed by atoms with Crippen molar-refractivity contribution in [3.63, 3.8) is 0 Å². The lowest BCUT2D eigenvalue weighted by molar-refractivity contribution is -0.377. The second-order valence-electron chi connectivity index (χ2n) is 12.4. The average molecular weight is 739 g/mol. The maximum atomic E-state index is 13.9. The molecule has 0 unspecified atom stereocenters. The number of ether oxygens (including phenoxy) is 5. The summed E-state index contributed by atoms with van der Waals surface area (Å²) in [5.41, 5.74) is 2.84. The first-order valence-corrected chi connectivity index (χ1v) is 17.2. The number of aromatic nitrogens is 1. The number of methoxy groups -OCH3 is 3. The van der Waals surface area contributed by atoms with Crippen LogP contribution in [0.5, 0.6) is 17.2 Å². The lowest BCUT2D eigenvalue weighted by atomic mass is 9.86. The molecule has 270 valence electrons. The lowest BCUT2D eigenvalue weighted by Crippen LogP contribution is -2.53. The van der Waals surface area contributed by atoms with Crippen molar-refractivity contribution in [2.24, 2.45) is 5.92 Å². The van der Waals surface area contributed by atoms with Gasteiger partial charge in [0.1, 0.15) is 28.0 Å². The molecule has 2 atom stereocenters. The summed E-state index contributed by atoms with van der Waals surface area (Å²) in [5, 5.41) is 0.810. The van der Waals surface area contributed by atoms with Crippen LogP contribution in [0.25, 0.3) is 0 Å². The van der Waals surface area contributed by atoms with Crippen LogP contribution in [-0.2, 0) is 22.4 Å². The smallest absolute Gasteiger partial charge is 0.415 e. The number of pyridine rings is 1. The zero-order valence-corrected chi connectivity index (χ0v) is 30.2. The minimum atomic E-state index is -0.787. The van der Waals surface area contributed by atoms with Gasteiger partial charge in [0.15, 0.2) is 23.9 Å². The molecule has 1 amide bonds. The molecule has 51 heavy (non-hydrogen) atoms. The van der Waals surface area contributed by atoms with Crippen LogP contribution >= 0.6 is 23.2 Å². The van der Waals surface area contributed by atoms with Crippen LogP contribution in [0.15, 0.2) is 79.1 Å². The zero-order valence-electron chi connectivity index (χ0n) is 28.6. The van der Waals surface area contributed by atoms with Gasteiger partial charge in [-0.3, -0.25) is 9.80 Å². The van der Waals surface area contributed by atoms with Gasteiger partial charge in [-0.1, -0.05) is 53.5 Å². The van der Waals surface area contributed by atoms with E-state index in [4.69, 9.17) is 46.9 Å². The summed E-state index contributed by atoms with van der Waals surface area (Å²) >= 11 is 13.0. The topological polar surface area (TPSA) is 131 Å². The Hall–Kier alpha value is -4.55. The number of rotatable bonds is 12. The molecule has 3 aliphatic rings. The zero-order chi connectivity index (χ0) is 35.2. The number of para-hydroxylation sites is 2. The van der Waals surface area contributed by atoms with E-state index >= 15 is 0 Å². The quantitative estimate of drug-likeness (QED) is 0.141. The molecule has 0 aliphatic carbocycles. The van der Waals surface area contributed by atoms with Crippen molar-refractivity contribution in [2.45, 2.75) is 38.0 Å². The van der Waals surface area contributed by atoms with Gasteiger partial charge >= 0.3 is 12.1 Å². The van der Waals surface area contributed by atoms with Crippen molar-refractivity contribution in [1.82, 2.24) is 4.90 Å². The predicted molar refractivity (Wildman–Crippen MR) is 191 cm³/mol. The number of hydrogen-bond donors (Lipinski definition) is 0. The van der Waals surface area contributed by atoms with Gasteiger partial charge in [0.05, 0.1) is 39.1 Å².